The second-order valence-corrected chi connectivity index (χ2v) is 5.55. The number of hydrogen-bond acceptors (Lipinski definition) is 2. The van der Waals surface area contributed by atoms with Gasteiger partial charge in [0.15, 0.2) is 0 Å². The third-order valence-corrected chi connectivity index (χ3v) is 4.02. The maximum absolute atomic E-state index is 12.2. The monoisotopic (exact) mass is 311 g/mol. The normalized spacial score (nSPS) is 19.6. The van der Waals surface area contributed by atoms with Gasteiger partial charge in [0.2, 0.25) is 5.91 Å². The Morgan fingerprint density at radius 2 is 2.28 bits per heavy atom. The Hall–Kier alpha value is -0.870. The summed E-state index contributed by atoms with van der Waals surface area (Å²) in [6, 6.07) is 8.00. The third-order valence-electron chi connectivity index (χ3n) is 3.25. The summed E-state index contributed by atoms with van der Waals surface area (Å²) in [5.41, 5.74) is 1.13. The number of amides is 1. The minimum absolute atomic E-state index is 0.0336. The van der Waals surface area contributed by atoms with Crippen LogP contribution in [0.5, 0.6) is 0 Å². The van der Waals surface area contributed by atoms with Crippen molar-refractivity contribution in [3.8, 4) is 0 Å². The lowest BCUT2D eigenvalue weighted by atomic mass is 10.0. The van der Waals surface area contributed by atoms with E-state index < -0.39 is 0 Å². The first-order valence-corrected chi connectivity index (χ1v) is 7.04. The first kappa shape index (κ1) is 13.6. The fourth-order valence-electron chi connectivity index (χ4n) is 2.21. The highest BCUT2D eigenvalue weighted by atomic mass is 79.9. The SMILES string of the molecule is CN(Cc1ccccc1Br)C(=O)C1CCCOC1. The third kappa shape index (κ3) is 3.33. The molecule has 2 rings (SSSR count). The van der Waals surface area contributed by atoms with Gasteiger partial charge < -0.3 is 9.64 Å². The highest BCUT2D eigenvalue weighted by Crippen LogP contribution is 2.20. The molecule has 1 aromatic rings. The van der Waals surface area contributed by atoms with E-state index >= 15 is 0 Å². The maximum atomic E-state index is 12.2. The van der Waals surface area contributed by atoms with Crippen molar-refractivity contribution in [2.75, 3.05) is 20.3 Å². The predicted octanol–water partition coefficient (Wildman–Crippen LogP) is 2.83. The van der Waals surface area contributed by atoms with Crippen molar-refractivity contribution < 1.29 is 9.53 Å². The molecule has 0 spiro atoms. The molecule has 1 unspecified atom stereocenters. The van der Waals surface area contributed by atoms with Crippen LogP contribution < -0.4 is 0 Å². The summed E-state index contributed by atoms with van der Waals surface area (Å²) in [5, 5.41) is 0. The van der Waals surface area contributed by atoms with Crippen molar-refractivity contribution in [3.63, 3.8) is 0 Å². The molecule has 0 bridgehead atoms. The van der Waals surface area contributed by atoms with Crippen molar-refractivity contribution in [3.05, 3.63) is 34.3 Å². The summed E-state index contributed by atoms with van der Waals surface area (Å²) in [5.74, 6) is 0.219. The number of rotatable bonds is 3. The van der Waals surface area contributed by atoms with Gasteiger partial charge in [-0.1, -0.05) is 34.1 Å². The fourth-order valence-corrected chi connectivity index (χ4v) is 2.62. The second kappa shape index (κ2) is 6.34. The average Bonchev–Trinajstić information content (AvgIpc) is 2.41. The van der Waals surface area contributed by atoms with Crippen LogP contribution in [0.4, 0.5) is 0 Å². The molecule has 1 aliphatic heterocycles. The minimum atomic E-state index is 0.0336. The molecule has 0 aromatic heterocycles. The smallest absolute Gasteiger partial charge is 0.228 e. The molecule has 0 saturated carbocycles. The summed E-state index contributed by atoms with van der Waals surface area (Å²) in [6.45, 7) is 1.99. The average molecular weight is 312 g/mol. The summed E-state index contributed by atoms with van der Waals surface area (Å²) in [7, 11) is 1.86. The van der Waals surface area contributed by atoms with E-state index in [9.17, 15) is 4.79 Å². The van der Waals surface area contributed by atoms with Crippen LogP contribution in [0.25, 0.3) is 0 Å². The van der Waals surface area contributed by atoms with Crippen molar-refractivity contribution in [1.29, 1.82) is 0 Å². The van der Waals surface area contributed by atoms with E-state index in [0.29, 0.717) is 13.2 Å². The molecule has 1 aliphatic rings. The summed E-state index contributed by atoms with van der Waals surface area (Å²) in [6.07, 6.45) is 1.93. The highest BCUT2D eigenvalue weighted by molar-refractivity contribution is 9.10. The molecule has 3 nitrogen and oxygen atoms in total. The Balaban J connectivity index is 1.96. The molecule has 4 heteroatoms. The van der Waals surface area contributed by atoms with Gasteiger partial charge in [-0.3, -0.25) is 4.79 Å². The first-order chi connectivity index (χ1) is 8.68. The van der Waals surface area contributed by atoms with E-state index in [2.05, 4.69) is 15.9 Å². The lowest BCUT2D eigenvalue weighted by Crippen LogP contribution is -2.36. The van der Waals surface area contributed by atoms with E-state index in [1.165, 1.54) is 0 Å². The molecule has 1 amide bonds. The van der Waals surface area contributed by atoms with Gasteiger partial charge >= 0.3 is 0 Å². The largest absolute Gasteiger partial charge is 0.381 e. The van der Waals surface area contributed by atoms with Gasteiger partial charge in [-0.15, -0.1) is 0 Å². The van der Waals surface area contributed by atoms with Gasteiger partial charge in [0.05, 0.1) is 12.5 Å². The quantitative estimate of drug-likeness (QED) is 0.859. The van der Waals surface area contributed by atoms with Crippen LogP contribution in [0.1, 0.15) is 18.4 Å². The standard InChI is InChI=1S/C14H18BrNO2/c1-16(9-11-5-2-3-7-13(11)15)14(17)12-6-4-8-18-10-12/h2-3,5,7,12H,4,6,8-10H2,1H3. The zero-order valence-corrected chi connectivity index (χ0v) is 12.1. The van der Waals surface area contributed by atoms with Gasteiger partial charge in [0.1, 0.15) is 0 Å². The van der Waals surface area contributed by atoms with Crippen LogP contribution in [0, 0.1) is 5.92 Å². The number of halogens is 1. The lowest BCUT2D eigenvalue weighted by Gasteiger charge is -2.26. The molecule has 18 heavy (non-hydrogen) atoms. The highest BCUT2D eigenvalue weighted by Gasteiger charge is 2.24. The Kier molecular flexibility index (Phi) is 4.78. The Labute approximate surface area is 116 Å². The molecule has 1 heterocycles. The molecule has 1 fully saturated rings. The number of ether oxygens (including phenoxy) is 1. The summed E-state index contributed by atoms with van der Waals surface area (Å²) < 4.78 is 6.42. The molecule has 0 aliphatic carbocycles. The number of benzene rings is 1. The van der Waals surface area contributed by atoms with Gasteiger partial charge in [-0.25, -0.2) is 0 Å². The Morgan fingerprint density at radius 3 is 2.94 bits per heavy atom. The minimum Gasteiger partial charge on any atom is -0.381 e. The maximum Gasteiger partial charge on any atom is 0.228 e. The van der Waals surface area contributed by atoms with Gasteiger partial charge in [0.25, 0.3) is 0 Å². The Bertz CT molecular complexity index is 416. The van der Waals surface area contributed by atoms with E-state index in [-0.39, 0.29) is 11.8 Å². The Morgan fingerprint density at radius 1 is 1.50 bits per heavy atom. The van der Waals surface area contributed by atoms with Crippen LogP contribution in [-0.2, 0) is 16.1 Å². The zero-order valence-electron chi connectivity index (χ0n) is 10.6. The van der Waals surface area contributed by atoms with Crippen molar-refractivity contribution in [2.24, 2.45) is 5.92 Å². The van der Waals surface area contributed by atoms with Crippen LogP contribution in [-0.4, -0.2) is 31.1 Å². The van der Waals surface area contributed by atoms with Crippen LogP contribution >= 0.6 is 15.9 Å². The van der Waals surface area contributed by atoms with E-state index in [1.807, 2.05) is 31.3 Å². The number of nitrogens with zero attached hydrogens (tertiary/aromatic N) is 1. The summed E-state index contributed by atoms with van der Waals surface area (Å²) in [4.78, 5) is 14.0. The lowest BCUT2D eigenvalue weighted by molar-refractivity contribution is -0.138. The molecule has 1 aromatic carbocycles. The van der Waals surface area contributed by atoms with Crippen LogP contribution in [0.2, 0.25) is 0 Å². The molecule has 1 atom stereocenters. The fraction of sp³-hybridized carbons (Fsp3) is 0.500. The number of hydrogen-bond donors (Lipinski definition) is 0. The molecule has 0 N–H and O–H groups in total. The topological polar surface area (TPSA) is 29.5 Å². The van der Waals surface area contributed by atoms with Crippen LogP contribution in [0.3, 0.4) is 0 Å². The molecular weight excluding hydrogens is 294 g/mol. The number of carbonyl (C=O) groups is 1. The summed E-state index contributed by atoms with van der Waals surface area (Å²) >= 11 is 3.51. The molecule has 98 valence electrons. The van der Waals surface area contributed by atoms with E-state index in [0.717, 1.165) is 29.5 Å². The number of carbonyl (C=O) groups excluding carboxylic acids is 1. The molecule has 1 saturated heterocycles. The van der Waals surface area contributed by atoms with E-state index in [1.54, 1.807) is 4.90 Å². The predicted molar refractivity (Wildman–Crippen MR) is 74.2 cm³/mol. The van der Waals surface area contributed by atoms with Crippen molar-refractivity contribution in [2.45, 2.75) is 19.4 Å². The first-order valence-electron chi connectivity index (χ1n) is 6.24. The van der Waals surface area contributed by atoms with Crippen molar-refractivity contribution >= 4 is 21.8 Å². The van der Waals surface area contributed by atoms with Crippen molar-refractivity contribution in [1.82, 2.24) is 4.90 Å². The zero-order chi connectivity index (χ0) is 13.0. The van der Waals surface area contributed by atoms with Gasteiger partial charge in [0, 0.05) is 24.7 Å². The second-order valence-electron chi connectivity index (χ2n) is 4.70. The molecule has 0 radical (unpaired) electrons. The van der Waals surface area contributed by atoms with Crippen LogP contribution in [0.15, 0.2) is 28.7 Å². The van der Waals surface area contributed by atoms with Gasteiger partial charge in [-0.2, -0.15) is 0 Å². The molecular formula is C14H18BrNO2. The van der Waals surface area contributed by atoms with E-state index in [4.69, 9.17) is 4.74 Å². The van der Waals surface area contributed by atoms with Gasteiger partial charge in [-0.05, 0) is 24.5 Å².